The molecule has 0 saturated carbocycles. The van der Waals surface area contributed by atoms with Gasteiger partial charge in [0.25, 0.3) is 5.91 Å². The summed E-state index contributed by atoms with van der Waals surface area (Å²) in [5.41, 5.74) is 2.00. The molecule has 2 aromatic carbocycles. The van der Waals surface area contributed by atoms with E-state index in [0.29, 0.717) is 17.0 Å². The number of nitrogens with zero attached hydrogens (tertiary/aromatic N) is 1. The molecule has 0 saturated heterocycles. The lowest BCUT2D eigenvalue weighted by atomic mass is 10.2. The SMILES string of the molecule is COc1ccccc1NC(=O)c1cccc(Nc2nccs2)c1. The maximum absolute atomic E-state index is 12.4. The number of amides is 1. The van der Waals surface area contributed by atoms with Crippen LogP contribution in [0.2, 0.25) is 0 Å². The summed E-state index contributed by atoms with van der Waals surface area (Å²) in [6.45, 7) is 0. The Morgan fingerprint density at radius 1 is 1.17 bits per heavy atom. The first-order chi connectivity index (χ1) is 11.3. The third-order valence-electron chi connectivity index (χ3n) is 3.16. The van der Waals surface area contributed by atoms with E-state index < -0.39 is 0 Å². The van der Waals surface area contributed by atoms with Crippen molar-refractivity contribution in [3.05, 3.63) is 65.7 Å². The Balaban J connectivity index is 1.77. The number of nitrogens with one attached hydrogen (secondary N) is 2. The van der Waals surface area contributed by atoms with Crippen LogP contribution in [-0.4, -0.2) is 18.0 Å². The number of anilines is 3. The average Bonchev–Trinajstić information content (AvgIpc) is 3.08. The van der Waals surface area contributed by atoms with Crippen molar-refractivity contribution in [3.8, 4) is 5.75 Å². The van der Waals surface area contributed by atoms with Gasteiger partial charge in [-0.25, -0.2) is 4.98 Å². The maximum Gasteiger partial charge on any atom is 0.255 e. The Morgan fingerprint density at radius 2 is 2.04 bits per heavy atom. The molecule has 116 valence electrons. The molecule has 5 nitrogen and oxygen atoms in total. The van der Waals surface area contributed by atoms with Gasteiger partial charge in [0.2, 0.25) is 0 Å². The number of hydrogen-bond donors (Lipinski definition) is 2. The van der Waals surface area contributed by atoms with Gasteiger partial charge < -0.3 is 15.4 Å². The van der Waals surface area contributed by atoms with Gasteiger partial charge in [-0.3, -0.25) is 4.79 Å². The van der Waals surface area contributed by atoms with Gasteiger partial charge in [-0.05, 0) is 30.3 Å². The molecule has 0 aliphatic heterocycles. The summed E-state index contributed by atoms with van der Waals surface area (Å²) in [6, 6.07) is 14.6. The Kier molecular flexibility index (Phi) is 4.54. The summed E-state index contributed by atoms with van der Waals surface area (Å²) in [5, 5.41) is 8.70. The molecule has 0 aliphatic rings. The van der Waals surface area contributed by atoms with Gasteiger partial charge in [-0.2, -0.15) is 0 Å². The summed E-state index contributed by atoms with van der Waals surface area (Å²) in [5.74, 6) is 0.426. The van der Waals surface area contributed by atoms with E-state index in [1.54, 1.807) is 37.6 Å². The Bertz CT molecular complexity index is 803. The van der Waals surface area contributed by atoms with Gasteiger partial charge in [0.15, 0.2) is 5.13 Å². The molecule has 2 N–H and O–H groups in total. The zero-order valence-corrected chi connectivity index (χ0v) is 13.3. The lowest BCUT2D eigenvalue weighted by molar-refractivity contribution is 0.102. The molecule has 0 fully saturated rings. The highest BCUT2D eigenvalue weighted by molar-refractivity contribution is 7.13. The van der Waals surface area contributed by atoms with Gasteiger partial charge >= 0.3 is 0 Å². The standard InChI is InChI=1S/C17H15N3O2S/c1-22-15-8-3-2-7-14(15)20-16(21)12-5-4-6-13(11-12)19-17-18-9-10-23-17/h2-11H,1H3,(H,18,19)(H,20,21). The summed E-state index contributed by atoms with van der Waals surface area (Å²) in [4.78, 5) is 16.6. The predicted molar refractivity (Wildman–Crippen MR) is 92.8 cm³/mol. The molecule has 23 heavy (non-hydrogen) atoms. The fraction of sp³-hybridized carbons (Fsp3) is 0.0588. The molecular weight excluding hydrogens is 310 g/mol. The van der Waals surface area contributed by atoms with Gasteiger partial charge in [0.1, 0.15) is 5.75 Å². The second kappa shape index (κ2) is 6.93. The molecule has 0 spiro atoms. The molecular formula is C17H15N3O2S. The Hall–Kier alpha value is -2.86. The zero-order chi connectivity index (χ0) is 16.1. The van der Waals surface area contributed by atoms with Crippen LogP contribution in [0, 0.1) is 0 Å². The molecule has 6 heteroatoms. The van der Waals surface area contributed by atoms with Crippen LogP contribution in [0.15, 0.2) is 60.1 Å². The van der Waals surface area contributed by atoms with E-state index in [-0.39, 0.29) is 5.91 Å². The second-order valence-electron chi connectivity index (χ2n) is 4.70. The fourth-order valence-electron chi connectivity index (χ4n) is 2.09. The number of carbonyl (C=O) groups excluding carboxylic acids is 1. The van der Waals surface area contributed by atoms with Crippen molar-refractivity contribution in [1.29, 1.82) is 0 Å². The van der Waals surface area contributed by atoms with Crippen molar-refractivity contribution < 1.29 is 9.53 Å². The number of aromatic nitrogens is 1. The van der Waals surface area contributed by atoms with E-state index in [0.717, 1.165) is 10.8 Å². The van der Waals surface area contributed by atoms with Crippen LogP contribution in [0.1, 0.15) is 10.4 Å². The first-order valence-corrected chi connectivity index (χ1v) is 7.85. The van der Waals surface area contributed by atoms with Crippen LogP contribution < -0.4 is 15.4 Å². The van der Waals surface area contributed by atoms with Crippen molar-refractivity contribution in [3.63, 3.8) is 0 Å². The van der Waals surface area contributed by atoms with Crippen molar-refractivity contribution in [2.24, 2.45) is 0 Å². The third kappa shape index (κ3) is 3.67. The molecule has 1 aromatic heterocycles. The molecule has 0 atom stereocenters. The van der Waals surface area contributed by atoms with E-state index in [2.05, 4.69) is 15.6 Å². The molecule has 0 unspecified atom stereocenters. The second-order valence-corrected chi connectivity index (χ2v) is 5.59. The van der Waals surface area contributed by atoms with Gasteiger partial charge in [0, 0.05) is 22.8 Å². The maximum atomic E-state index is 12.4. The Morgan fingerprint density at radius 3 is 2.83 bits per heavy atom. The molecule has 0 aliphatic carbocycles. The number of hydrogen-bond acceptors (Lipinski definition) is 5. The van der Waals surface area contributed by atoms with Crippen molar-refractivity contribution >= 4 is 33.8 Å². The van der Waals surface area contributed by atoms with E-state index >= 15 is 0 Å². The van der Waals surface area contributed by atoms with Gasteiger partial charge in [-0.15, -0.1) is 11.3 Å². The summed E-state index contributed by atoms with van der Waals surface area (Å²) in [7, 11) is 1.57. The zero-order valence-electron chi connectivity index (χ0n) is 12.4. The van der Waals surface area contributed by atoms with Crippen LogP contribution in [0.4, 0.5) is 16.5 Å². The van der Waals surface area contributed by atoms with Crippen LogP contribution in [0.25, 0.3) is 0 Å². The van der Waals surface area contributed by atoms with Crippen molar-refractivity contribution in [1.82, 2.24) is 4.98 Å². The fourth-order valence-corrected chi connectivity index (χ4v) is 2.64. The van der Waals surface area contributed by atoms with Crippen LogP contribution in [-0.2, 0) is 0 Å². The third-order valence-corrected chi connectivity index (χ3v) is 3.85. The highest BCUT2D eigenvalue weighted by Crippen LogP contribution is 2.24. The molecule has 0 bridgehead atoms. The van der Waals surface area contributed by atoms with Gasteiger partial charge in [-0.1, -0.05) is 18.2 Å². The molecule has 3 rings (SSSR count). The van der Waals surface area contributed by atoms with Gasteiger partial charge in [0.05, 0.1) is 12.8 Å². The van der Waals surface area contributed by atoms with Crippen LogP contribution >= 0.6 is 11.3 Å². The normalized spacial score (nSPS) is 10.1. The summed E-state index contributed by atoms with van der Waals surface area (Å²) < 4.78 is 5.24. The predicted octanol–water partition coefficient (Wildman–Crippen LogP) is 4.15. The summed E-state index contributed by atoms with van der Waals surface area (Å²) >= 11 is 1.50. The topological polar surface area (TPSA) is 63.2 Å². The van der Waals surface area contributed by atoms with Crippen LogP contribution in [0.5, 0.6) is 5.75 Å². The van der Waals surface area contributed by atoms with Crippen molar-refractivity contribution in [2.45, 2.75) is 0 Å². The Labute approximate surface area is 138 Å². The van der Waals surface area contributed by atoms with E-state index in [9.17, 15) is 4.79 Å². The number of ether oxygens (including phenoxy) is 1. The molecule has 3 aromatic rings. The number of rotatable bonds is 5. The number of para-hydroxylation sites is 2. The summed E-state index contributed by atoms with van der Waals surface area (Å²) in [6.07, 6.45) is 1.73. The minimum Gasteiger partial charge on any atom is -0.495 e. The quantitative estimate of drug-likeness (QED) is 0.740. The number of methoxy groups -OCH3 is 1. The smallest absolute Gasteiger partial charge is 0.255 e. The largest absolute Gasteiger partial charge is 0.495 e. The first-order valence-electron chi connectivity index (χ1n) is 6.97. The first kappa shape index (κ1) is 15.1. The number of benzene rings is 2. The molecule has 1 heterocycles. The highest BCUT2D eigenvalue weighted by atomic mass is 32.1. The lowest BCUT2D eigenvalue weighted by Crippen LogP contribution is -2.12. The van der Waals surface area contributed by atoms with Crippen LogP contribution in [0.3, 0.4) is 0 Å². The minimum atomic E-state index is -0.197. The van der Waals surface area contributed by atoms with E-state index in [4.69, 9.17) is 4.74 Å². The van der Waals surface area contributed by atoms with Crippen molar-refractivity contribution in [2.75, 3.05) is 17.7 Å². The molecule has 1 amide bonds. The average molecular weight is 325 g/mol. The minimum absolute atomic E-state index is 0.197. The lowest BCUT2D eigenvalue weighted by Gasteiger charge is -2.10. The number of thiazole rings is 1. The molecule has 0 radical (unpaired) electrons. The monoisotopic (exact) mass is 325 g/mol. The highest BCUT2D eigenvalue weighted by Gasteiger charge is 2.10. The van der Waals surface area contributed by atoms with E-state index in [1.165, 1.54) is 11.3 Å². The van der Waals surface area contributed by atoms with E-state index in [1.807, 2.05) is 29.6 Å². The number of carbonyl (C=O) groups is 1.